The molecule has 0 amide bonds. The van der Waals surface area contributed by atoms with E-state index in [9.17, 15) is 8.78 Å². The zero-order chi connectivity index (χ0) is 13.6. The van der Waals surface area contributed by atoms with Crippen molar-refractivity contribution in [1.82, 2.24) is 9.80 Å². The molecule has 19 heavy (non-hydrogen) atoms. The summed E-state index contributed by atoms with van der Waals surface area (Å²) in [6, 6.07) is 1.77. The van der Waals surface area contributed by atoms with E-state index in [1.807, 2.05) is 0 Å². The molecule has 0 radical (unpaired) electrons. The van der Waals surface area contributed by atoms with Gasteiger partial charge in [-0.2, -0.15) is 0 Å². The summed E-state index contributed by atoms with van der Waals surface area (Å²) in [5.74, 6) is -2.42. The summed E-state index contributed by atoms with van der Waals surface area (Å²) in [5.41, 5.74) is 0. The second kappa shape index (κ2) is 4.96. The number of hydrogen-bond acceptors (Lipinski definition) is 2. The highest BCUT2D eigenvalue weighted by atomic mass is 19.3. The van der Waals surface area contributed by atoms with Gasteiger partial charge in [-0.1, -0.05) is 0 Å². The third-order valence-electron chi connectivity index (χ3n) is 5.33. The predicted octanol–water partition coefficient (Wildman–Crippen LogP) is 3.12. The van der Waals surface area contributed by atoms with E-state index in [0.29, 0.717) is 24.5 Å². The third-order valence-corrected chi connectivity index (χ3v) is 5.33. The summed E-state index contributed by atoms with van der Waals surface area (Å²) in [4.78, 5) is 5.01. The highest BCUT2D eigenvalue weighted by Crippen LogP contribution is 2.41. The summed E-state index contributed by atoms with van der Waals surface area (Å²) in [6.07, 6.45) is 4.28. The van der Waals surface area contributed by atoms with Gasteiger partial charge in [-0.25, -0.2) is 8.78 Å². The molecule has 110 valence electrons. The van der Waals surface area contributed by atoms with Gasteiger partial charge in [0.05, 0.1) is 0 Å². The van der Waals surface area contributed by atoms with E-state index in [1.165, 1.54) is 12.8 Å². The molecule has 0 aromatic rings. The molecule has 2 heterocycles. The molecule has 3 fully saturated rings. The zero-order valence-electron chi connectivity index (χ0n) is 12.1. The van der Waals surface area contributed by atoms with Crippen molar-refractivity contribution in [3.8, 4) is 0 Å². The minimum Gasteiger partial charge on any atom is -0.298 e. The van der Waals surface area contributed by atoms with Gasteiger partial charge in [0.2, 0.25) is 5.92 Å². The number of fused-ring (bicyclic) bond motifs is 2. The fourth-order valence-corrected chi connectivity index (χ4v) is 4.39. The Balaban J connectivity index is 1.70. The van der Waals surface area contributed by atoms with Crippen molar-refractivity contribution < 1.29 is 8.78 Å². The summed E-state index contributed by atoms with van der Waals surface area (Å²) in [6.45, 7) is 6.64. The molecule has 4 heteroatoms. The van der Waals surface area contributed by atoms with Crippen LogP contribution in [0, 0.1) is 0 Å². The molecule has 3 rings (SSSR count). The van der Waals surface area contributed by atoms with Gasteiger partial charge >= 0.3 is 0 Å². The zero-order valence-corrected chi connectivity index (χ0v) is 12.1. The molecule has 2 aliphatic heterocycles. The molecule has 0 spiro atoms. The van der Waals surface area contributed by atoms with Crippen molar-refractivity contribution in [2.45, 2.75) is 82.5 Å². The lowest BCUT2D eigenvalue weighted by Gasteiger charge is -2.48. The van der Waals surface area contributed by atoms with Crippen LogP contribution >= 0.6 is 0 Å². The summed E-state index contributed by atoms with van der Waals surface area (Å²) in [5, 5.41) is 0. The maximum atomic E-state index is 13.7. The average Bonchev–Trinajstić information content (AvgIpc) is 2.58. The van der Waals surface area contributed by atoms with Crippen molar-refractivity contribution in [3.63, 3.8) is 0 Å². The number of piperazine rings is 1. The fourth-order valence-electron chi connectivity index (χ4n) is 4.39. The van der Waals surface area contributed by atoms with E-state index in [-0.39, 0.29) is 18.9 Å². The lowest BCUT2D eigenvalue weighted by Crippen LogP contribution is -2.59. The molecule has 3 aliphatic rings. The van der Waals surface area contributed by atoms with Crippen LogP contribution in [0.1, 0.15) is 52.4 Å². The van der Waals surface area contributed by atoms with Crippen LogP contribution in [0.2, 0.25) is 0 Å². The van der Waals surface area contributed by atoms with Gasteiger partial charge in [-0.15, -0.1) is 0 Å². The Morgan fingerprint density at radius 3 is 2.16 bits per heavy atom. The Kier molecular flexibility index (Phi) is 3.59. The first-order chi connectivity index (χ1) is 8.96. The van der Waals surface area contributed by atoms with Gasteiger partial charge in [0.15, 0.2) is 0 Å². The van der Waals surface area contributed by atoms with Crippen LogP contribution < -0.4 is 0 Å². The molecule has 2 unspecified atom stereocenters. The van der Waals surface area contributed by atoms with Gasteiger partial charge < -0.3 is 0 Å². The van der Waals surface area contributed by atoms with Gasteiger partial charge in [0.1, 0.15) is 0 Å². The van der Waals surface area contributed by atoms with E-state index < -0.39 is 5.92 Å². The lowest BCUT2D eigenvalue weighted by molar-refractivity contribution is -0.0834. The van der Waals surface area contributed by atoms with Gasteiger partial charge in [0.25, 0.3) is 0 Å². The molecule has 0 aromatic heterocycles. The first-order valence-electron chi connectivity index (χ1n) is 7.85. The smallest absolute Gasteiger partial charge is 0.249 e. The molecule has 1 saturated carbocycles. The van der Waals surface area contributed by atoms with Crippen molar-refractivity contribution in [3.05, 3.63) is 0 Å². The Hall–Kier alpha value is -0.220. The Morgan fingerprint density at radius 1 is 1.00 bits per heavy atom. The van der Waals surface area contributed by atoms with Crippen LogP contribution in [0.15, 0.2) is 0 Å². The third kappa shape index (κ3) is 2.66. The van der Waals surface area contributed by atoms with Crippen molar-refractivity contribution in [2.24, 2.45) is 0 Å². The Morgan fingerprint density at radius 2 is 1.63 bits per heavy atom. The van der Waals surface area contributed by atoms with Crippen LogP contribution in [-0.4, -0.2) is 53.0 Å². The van der Waals surface area contributed by atoms with E-state index >= 15 is 0 Å². The summed E-state index contributed by atoms with van der Waals surface area (Å²) in [7, 11) is 0. The molecular formula is C15H26F2N2. The van der Waals surface area contributed by atoms with Crippen LogP contribution in [-0.2, 0) is 0 Å². The molecule has 2 nitrogen and oxygen atoms in total. The van der Waals surface area contributed by atoms with Crippen LogP contribution in [0.4, 0.5) is 8.78 Å². The number of alkyl halides is 2. The number of hydrogen-bond donors (Lipinski definition) is 0. The van der Waals surface area contributed by atoms with Crippen molar-refractivity contribution >= 4 is 0 Å². The van der Waals surface area contributed by atoms with Crippen LogP contribution in [0.5, 0.6) is 0 Å². The first kappa shape index (κ1) is 13.7. The van der Waals surface area contributed by atoms with Crippen molar-refractivity contribution in [2.75, 3.05) is 13.1 Å². The maximum Gasteiger partial charge on any atom is 0.249 e. The number of nitrogens with zero attached hydrogens (tertiary/aromatic N) is 2. The summed E-state index contributed by atoms with van der Waals surface area (Å²) >= 11 is 0. The molecule has 0 N–H and O–H groups in total. The highest BCUT2D eigenvalue weighted by Gasteiger charge is 2.47. The molecule has 0 aromatic carbocycles. The second-order valence-electron chi connectivity index (χ2n) is 6.99. The first-order valence-corrected chi connectivity index (χ1v) is 7.85. The molecule has 2 saturated heterocycles. The number of likely N-dealkylation sites (tertiary alicyclic amines) is 1. The highest BCUT2D eigenvalue weighted by molar-refractivity contribution is 5.01. The molecule has 3 atom stereocenters. The van der Waals surface area contributed by atoms with E-state index in [1.54, 1.807) is 0 Å². The number of halogens is 2. The molecular weight excluding hydrogens is 246 g/mol. The number of rotatable bonds is 2. The quantitative estimate of drug-likeness (QED) is 0.762. The van der Waals surface area contributed by atoms with Crippen LogP contribution in [0.3, 0.4) is 0 Å². The fraction of sp³-hybridized carbons (Fsp3) is 1.00. The van der Waals surface area contributed by atoms with Crippen LogP contribution in [0.25, 0.3) is 0 Å². The molecule has 2 bridgehead atoms. The SMILES string of the molecule is CC(C)N1CC2CCC(C1)N2[C@H]1CCCC(F)(F)C1. The lowest BCUT2D eigenvalue weighted by atomic mass is 9.89. The largest absolute Gasteiger partial charge is 0.298 e. The maximum absolute atomic E-state index is 13.7. The summed E-state index contributed by atoms with van der Waals surface area (Å²) < 4.78 is 27.3. The second-order valence-corrected chi connectivity index (χ2v) is 6.99. The predicted molar refractivity (Wildman–Crippen MR) is 72.6 cm³/mol. The standard InChI is InChI=1S/C15H26F2N2/c1-11(2)18-9-13-5-6-14(10-18)19(13)12-4-3-7-15(16,17)8-12/h11-14H,3-10H2,1-2H3/t12-,13?,14?/m0/s1. The molecule has 1 aliphatic carbocycles. The van der Waals surface area contributed by atoms with E-state index in [4.69, 9.17) is 0 Å². The van der Waals surface area contributed by atoms with E-state index in [2.05, 4.69) is 23.6 Å². The normalized spacial score (nSPS) is 39.9. The Labute approximate surface area is 115 Å². The minimum absolute atomic E-state index is 0.0989. The van der Waals surface area contributed by atoms with Gasteiger partial charge in [0, 0.05) is 50.1 Å². The minimum atomic E-state index is -2.42. The van der Waals surface area contributed by atoms with E-state index in [0.717, 1.165) is 19.5 Å². The topological polar surface area (TPSA) is 6.48 Å². The Bertz CT molecular complexity index is 318. The van der Waals surface area contributed by atoms with Crippen molar-refractivity contribution in [1.29, 1.82) is 0 Å². The monoisotopic (exact) mass is 272 g/mol. The van der Waals surface area contributed by atoms with Gasteiger partial charge in [-0.3, -0.25) is 9.80 Å². The van der Waals surface area contributed by atoms with Gasteiger partial charge in [-0.05, 0) is 39.5 Å². The average molecular weight is 272 g/mol.